The Balaban J connectivity index is 1.55. The number of aliphatic imine (C=N–C) groups is 2. The van der Waals surface area contributed by atoms with Crippen molar-refractivity contribution in [3.05, 3.63) is 71.4 Å². The van der Waals surface area contributed by atoms with Crippen LogP contribution in [0.25, 0.3) is 10.9 Å². The van der Waals surface area contributed by atoms with Crippen molar-refractivity contribution in [1.82, 2.24) is 47.1 Å². The molecule has 0 bridgehead atoms. The van der Waals surface area contributed by atoms with Crippen LogP contribution in [-0.2, 0) is 56.0 Å². The molecule has 2 aliphatic heterocycles. The number of guanidine groups is 2. The monoisotopic (exact) mass is 1070 g/mol. The van der Waals surface area contributed by atoms with Gasteiger partial charge in [-0.1, -0.05) is 30.3 Å². The molecule has 2 aromatic carbocycles. The van der Waals surface area contributed by atoms with Crippen molar-refractivity contribution in [2.45, 2.75) is 126 Å². The second kappa shape index (κ2) is 28.8. The highest BCUT2D eigenvalue weighted by Crippen LogP contribution is 2.23. The van der Waals surface area contributed by atoms with Crippen molar-refractivity contribution in [3.8, 4) is 6.07 Å². The number of nitriles is 1. The maximum Gasteiger partial charge on any atom is 0.245 e. The van der Waals surface area contributed by atoms with Gasteiger partial charge in [0.1, 0.15) is 42.3 Å². The summed E-state index contributed by atoms with van der Waals surface area (Å²) in [5.74, 6) is -7.65. The zero-order chi connectivity index (χ0) is 56.2. The molecule has 1 aromatic heterocycles. The summed E-state index contributed by atoms with van der Waals surface area (Å²) in [5, 5.41) is 39.9. The highest BCUT2D eigenvalue weighted by atomic mass is 16.3. The number of benzene rings is 2. The first-order chi connectivity index (χ1) is 36.7. The first-order valence-corrected chi connectivity index (χ1v) is 25.2. The molecule has 0 unspecified atom stereocenters. The van der Waals surface area contributed by atoms with E-state index >= 15 is 0 Å². The van der Waals surface area contributed by atoms with Crippen LogP contribution in [0.5, 0.6) is 0 Å². The number of fused-ring (bicyclic) bond motifs is 2. The molecule has 19 N–H and O–H groups in total. The number of nitrogens with one attached hydrogen (secondary N) is 8. The number of aliphatic hydroxyl groups is 1. The van der Waals surface area contributed by atoms with Gasteiger partial charge in [0.25, 0.3) is 0 Å². The average Bonchev–Trinajstić information content (AvgIpc) is 4.02. The largest absolute Gasteiger partial charge is 0.391 e. The number of aromatic amines is 1. The minimum absolute atomic E-state index is 0.0238. The molecule has 0 aliphatic carbocycles. The van der Waals surface area contributed by atoms with Crippen LogP contribution in [0.15, 0.2) is 64.7 Å². The van der Waals surface area contributed by atoms with Crippen LogP contribution in [0.4, 0.5) is 0 Å². The number of aromatic nitrogens is 1. The van der Waals surface area contributed by atoms with Gasteiger partial charge >= 0.3 is 0 Å². The van der Waals surface area contributed by atoms with E-state index in [4.69, 9.17) is 28.7 Å². The molecule has 2 aliphatic rings. The van der Waals surface area contributed by atoms with Crippen molar-refractivity contribution >= 4 is 76.0 Å². The number of rotatable bonds is 16. The van der Waals surface area contributed by atoms with Crippen LogP contribution < -0.4 is 65.9 Å². The molecule has 2 saturated heterocycles. The Labute approximate surface area is 443 Å². The topological polar surface area (TPSA) is 456 Å². The molecule has 77 heavy (non-hydrogen) atoms. The molecular formula is C50H69N17O10. The van der Waals surface area contributed by atoms with Gasteiger partial charge in [0.15, 0.2) is 11.9 Å². The Morgan fingerprint density at radius 3 is 2.13 bits per heavy atom. The van der Waals surface area contributed by atoms with E-state index in [2.05, 4.69) is 52.2 Å². The minimum atomic E-state index is -1.52. The molecule has 3 aromatic rings. The number of H-pyrrole nitrogens is 1. The third-order valence-corrected chi connectivity index (χ3v) is 12.9. The Morgan fingerprint density at radius 1 is 0.818 bits per heavy atom. The molecular weight excluding hydrogens is 999 g/mol. The van der Waals surface area contributed by atoms with E-state index in [0.717, 1.165) is 15.8 Å². The first-order valence-electron chi connectivity index (χ1n) is 25.2. The molecule has 0 spiro atoms. The fraction of sp³-hybridized carbons (Fsp3) is 0.480. The van der Waals surface area contributed by atoms with Gasteiger partial charge in [0.05, 0.1) is 17.7 Å². The summed E-state index contributed by atoms with van der Waals surface area (Å²) < 4.78 is 0. The summed E-state index contributed by atoms with van der Waals surface area (Å²) in [4.78, 5) is 137. The summed E-state index contributed by atoms with van der Waals surface area (Å²) in [6.07, 6.45) is -0.644. The fourth-order valence-electron chi connectivity index (χ4n) is 8.98. The Hall–Kier alpha value is -8.80. The first kappa shape index (κ1) is 59.1. The Bertz CT molecular complexity index is 2710. The van der Waals surface area contributed by atoms with E-state index in [0.29, 0.717) is 16.7 Å². The van der Waals surface area contributed by atoms with Crippen LogP contribution >= 0.6 is 0 Å². The third-order valence-electron chi connectivity index (χ3n) is 12.9. The lowest BCUT2D eigenvalue weighted by Gasteiger charge is -2.31. The number of primary amides is 1. The smallest absolute Gasteiger partial charge is 0.245 e. The number of para-hydroxylation sites is 1. The van der Waals surface area contributed by atoms with E-state index < -0.39 is 108 Å². The Kier molecular flexibility index (Phi) is 22.1. The summed E-state index contributed by atoms with van der Waals surface area (Å²) in [6, 6.07) is 5.61. The highest BCUT2D eigenvalue weighted by Gasteiger charge is 2.43. The molecule has 27 nitrogen and oxygen atoms in total. The molecule has 27 heteroatoms. The third kappa shape index (κ3) is 18.2. The summed E-state index contributed by atoms with van der Waals surface area (Å²) >= 11 is 0. The van der Waals surface area contributed by atoms with E-state index in [9.17, 15) is 53.5 Å². The van der Waals surface area contributed by atoms with Crippen LogP contribution in [0.2, 0.25) is 0 Å². The van der Waals surface area contributed by atoms with E-state index in [1.807, 2.05) is 24.3 Å². The van der Waals surface area contributed by atoms with Crippen molar-refractivity contribution in [3.63, 3.8) is 0 Å². The number of hydrogen-bond donors (Lipinski definition) is 14. The van der Waals surface area contributed by atoms with Crippen LogP contribution in [-0.4, -0.2) is 155 Å². The van der Waals surface area contributed by atoms with Crippen molar-refractivity contribution in [2.75, 3.05) is 26.2 Å². The number of hydrogen-bond acceptors (Lipinski definition) is 13. The number of aliphatic hydroxyl groups excluding tert-OH is 1. The lowest BCUT2D eigenvalue weighted by atomic mass is 10.0. The minimum Gasteiger partial charge on any atom is -0.391 e. The fourth-order valence-corrected chi connectivity index (χ4v) is 8.98. The van der Waals surface area contributed by atoms with Gasteiger partial charge in [0.2, 0.25) is 53.2 Å². The molecule has 5 rings (SSSR count). The number of carbonyl (C=O) groups excluding carboxylic acids is 9. The van der Waals surface area contributed by atoms with Gasteiger partial charge in [-0.15, -0.1) is 0 Å². The molecule has 8 atom stereocenters. The molecule has 414 valence electrons. The number of carbonyl (C=O) groups is 9. The lowest BCUT2D eigenvalue weighted by Crippen LogP contribution is -2.60. The summed E-state index contributed by atoms with van der Waals surface area (Å²) in [7, 11) is 0. The average molecular weight is 1070 g/mol. The SMILES string of the molecule is CC(=O)N[C@@H](CCCN=C(N)N)C(=O)N[C@H]1CCC(=O)NCCC[C@@H](C(N)=O)NC(=O)[C@H](Cc2c[nH]c3ccccc23)NC(=O)[C@H](CCCN=C(N)N)NC(=O)[C@@H](Cc2ccc(C#N)cc2)NC(=O)[C@@H]2C[C@@H](O)CN2C1=O. The van der Waals surface area contributed by atoms with Gasteiger partial charge in [-0.2, -0.15) is 5.26 Å². The van der Waals surface area contributed by atoms with Crippen molar-refractivity contribution < 1.29 is 48.3 Å². The van der Waals surface area contributed by atoms with Crippen LogP contribution in [0.1, 0.15) is 81.4 Å². The lowest BCUT2D eigenvalue weighted by molar-refractivity contribution is -0.143. The maximum atomic E-state index is 14.7. The van der Waals surface area contributed by atoms with Crippen molar-refractivity contribution in [2.24, 2.45) is 38.7 Å². The zero-order valence-electron chi connectivity index (χ0n) is 42.7. The predicted molar refractivity (Wildman–Crippen MR) is 281 cm³/mol. The quantitative estimate of drug-likeness (QED) is 0.0369. The molecule has 2 fully saturated rings. The maximum absolute atomic E-state index is 14.7. The van der Waals surface area contributed by atoms with Crippen molar-refractivity contribution in [1.29, 1.82) is 5.26 Å². The summed E-state index contributed by atoms with van der Waals surface area (Å²) in [6.45, 7) is 0.877. The summed E-state index contributed by atoms with van der Waals surface area (Å²) in [5.41, 5.74) is 29.9. The second-order valence-electron chi connectivity index (χ2n) is 18.9. The van der Waals surface area contributed by atoms with Crippen LogP contribution in [0, 0.1) is 11.3 Å². The number of nitrogens with two attached hydrogens (primary N) is 5. The number of amides is 9. The van der Waals surface area contributed by atoms with E-state index in [-0.39, 0.29) is 102 Å². The van der Waals surface area contributed by atoms with Crippen LogP contribution in [0.3, 0.4) is 0 Å². The molecule has 3 heterocycles. The zero-order valence-corrected chi connectivity index (χ0v) is 42.7. The normalized spacial score (nSPS) is 22.6. The predicted octanol–water partition coefficient (Wildman–Crippen LogP) is -4.00. The second-order valence-corrected chi connectivity index (χ2v) is 18.9. The van der Waals surface area contributed by atoms with Gasteiger partial charge in [0, 0.05) is 75.9 Å². The van der Waals surface area contributed by atoms with E-state index in [1.54, 1.807) is 24.4 Å². The Morgan fingerprint density at radius 2 is 1.45 bits per heavy atom. The molecule has 9 amide bonds. The molecule has 0 saturated carbocycles. The highest BCUT2D eigenvalue weighted by molar-refractivity contribution is 5.98. The van der Waals surface area contributed by atoms with E-state index in [1.165, 1.54) is 19.1 Å². The van der Waals surface area contributed by atoms with Gasteiger partial charge in [-0.05, 0) is 74.3 Å². The standard InChI is InChI=1S/C50H69N17O10/c1-27(68)61-35(10-5-19-58-49(53)54)43(72)64-37-16-17-41(70)57-18-4-9-34(42(52)71)62-46(75)39(22-30-25-60-33-8-3-2-7-32(30)33)65-44(73)36(11-6-20-59-50(55)56)63-45(74)38(21-28-12-14-29(24-51)15-13-28)66-47(76)40-23-31(69)26-67(40)48(37)77/h2-3,7-8,12-15,25,31,34-40,60,69H,4-6,9-11,16-23,26H2,1H3,(H2,52,71)(H,57,70)(H,61,68)(H,62,75)(H,63,74)(H,64,72)(H,65,73)(H,66,76)(H4,53,54,58)(H4,55,56,59)/t31-,34+,35+,36+,37+,38-,39+,40+/m1/s1. The van der Waals surface area contributed by atoms with Gasteiger partial charge in [-0.25, -0.2) is 0 Å². The van der Waals surface area contributed by atoms with Gasteiger partial charge < -0.3 is 80.9 Å². The molecule has 0 radical (unpaired) electrons. The number of nitrogens with zero attached hydrogens (tertiary/aromatic N) is 4. The van der Waals surface area contributed by atoms with Gasteiger partial charge in [-0.3, -0.25) is 53.1 Å².